The Labute approximate surface area is 131 Å². The topological polar surface area (TPSA) is 46.3 Å². The van der Waals surface area contributed by atoms with Crippen LogP contribution in [0.25, 0.3) is 0 Å². The van der Waals surface area contributed by atoms with E-state index in [0.29, 0.717) is 17.9 Å². The lowest BCUT2D eigenvalue weighted by Gasteiger charge is -2.44. The first-order chi connectivity index (χ1) is 8.97. The monoisotopic (exact) mass is 304 g/mol. The van der Waals surface area contributed by atoms with Gasteiger partial charge in [0.05, 0.1) is 5.41 Å². The van der Waals surface area contributed by atoms with Gasteiger partial charge in [0.25, 0.3) is 0 Å². The lowest BCUT2D eigenvalue weighted by molar-refractivity contribution is -0.145. The molecule has 0 aromatic heterocycles. The number of likely N-dealkylation sites (tertiary alicyclic amines) is 1. The normalized spacial score (nSPS) is 23.4. The summed E-state index contributed by atoms with van der Waals surface area (Å²) in [6.07, 6.45) is 6.49. The fraction of sp³-hybridized carbons (Fsp3) is 0.938. The van der Waals surface area contributed by atoms with Crippen molar-refractivity contribution in [1.82, 2.24) is 4.90 Å². The van der Waals surface area contributed by atoms with Gasteiger partial charge in [-0.15, -0.1) is 12.4 Å². The van der Waals surface area contributed by atoms with E-state index in [1.54, 1.807) is 0 Å². The third-order valence-corrected chi connectivity index (χ3v) is 5.12. The quantitative estimate of drug-likeness (QED) is 0.815. The Morgan fingerprint density at radius 1 is 1.30 bits per heavy atom. The predicted octanol–water partition coefficient (Wildman–Crippen LogP) is 3.60. The van der Waals surface area contributed by atoms with Crippen molar-refractivity contribution in [2.45, 2.75) is 66.2 Å². The van der Waals surface area contributed by atoms with Crippen molar-refractivity contribution in [2.24, 2.45) is 16.6 Å². The minimum Gasteiger partial charge on any atom is -0.342 e. The second-order valence-electron chi connectivity index (χ2n) is 6.58. The van der Waals surface area contributed by atoms with Crippen molar-refractivity contribution in [3.8, 4) is 0 Å². The average Bonchev–Trinajstić information content (AvgIpc) is 2.41. The van der Waals surface area contributed by atoms with Crippen LogP contribution in [0.2, 0.25) is 0 Å². The summed E-state index contributed by atoms with van der Waals surface area (Å²) in [5, 5.41) is 0. The van der Waals surface area contributed by atoms with Crippen molar-refractivity contribution in [1.29, 1.82) is 0 Å². The molecule has 0 aliphatic carbocycles. The summed E-state index contributed by atoms with van der Waals surface area (Å²) in [6, 6.07) is 0. The highest BCUT2D eigenvalue weighted by molar-refractivity contribution is 5.85. The molecule has 1 unspecified atom stereocenters. The molecule has 0 radical (unpaired) electrons. The highest BCUT2D eigenvalue weighted by Gasteiger charge is 2.40. The van der Waals surface area contributed by atoms with Gasteiger partial charge in [-0.25, -0.2) is 0 Å². The Hall–Kier alpha value is -0.280. The number of nitrogens with two attached hydrogens (primary N) is 1. The molecule has 0 aromatic carbocycles. The third-order valence-electron chi connectivity index (χ3n) is 5.12. The first kappa shape index (κ1) is 19.7. The maximum absolute atomic E-state index is 12.9. The standard InChI is InChI=1S/C16H32N2O.ClH/c1-5-9-15(4)10-8-11-18(13-15)14(19)16(6-2,7-3)12-17;/h5-13,17H2,1-4H3;1H. The molecule has 1 saturated heterocycles. The van der Waals surface area contributed by atoms with E-state index >= 15 is 0 Å². The van der Waals surface area contributed by atoms with Gasteiger partial charge >= 0.3 is 0 Å². The molecule has 1 amide bonds. The Balaban J connectivity index is 0.00000361. The van der Waals surface area contributed by atoms with Crippen molar-refractivity contribution in [3.05, 3.63) is 0 Å². The molecule has 0 spiro atoms. The number of hydrogen-bond donors (Lipinski definition) is 1. The molecule has 1 aliphatic heterocycles. The summed E-state index contributed by atoms with van der Waals surface area (Å²) >= 11 is 0. The molecular formula is C16H33ClN2O. The fourth-order valence-corrected chi connectivity index (χ4v) is 3.56. The van der Waals surface area contributed by atoms with Gasteiger partial charge in [0.1, 0.15) is 0 Å². The highest BCUT2D eigenvalue weighted by Crippen LogP contribution is 2.37. The van der Waals surface area contributed by atoms with Gasteiger partial charge in [-0.05, 0) is 37.5 Å². The summed E-state index contributed by atoms with van der Waals surface area (Å²) in [5.41, 5.74) is 5.90. The van der Waals surface area contributed by atoms with E-state index < -0.39 is 0 Å². The van der Waals surface area contributed by atoms with E-state index in [1.165, 1.54) is 19.3 Å². The summed E-state index contributed by atoms with van der Waals surface area (Å²) in [5.74, 6) is 0.294. The zero-order chi connectivity index (χ0) is 14.5. The molecule has 1 heterocycles. The molecule has 1 atom stereocenters. The van der Waals surface area contributed by atoms with Crippen LogP contribution < -0.4 is 5.73 Å². The maximum atomic E-state index is 12.9. The zero-order valence-electron chi connectivity index (χ0n) is 13.7. The van der Waals surface area contributed by atoms with Gasteiger partial charge in [-0.2, -0.15) is 0 Å². The fourth-order valence-electron chi connectivity index (χ4n) is 3.56. The van der Waals surface area contributed by atoms with E-state index in [4.69, 9.17) is 5.73 Å². The molecule has 3 nitrogen and oxygen atoms in total. The summed E-state index contributed by atoms with van der Waals surface area (Å²) < 4.78 is 0. The number of amides is 1. The third kappa shape index (κ3) is 4.11. The SMILES string of the molecule is CCCC1(C)CCCN(C(=O)C(CC)(CC)CN)C1.Cl. The largest absolute Gasteiger partial charge is 0.342 e. The van der Waals surface area contributed by atoms with E-state index in [0.717, 1.165) is 32.4 Å². The average molecular weight is 305 g/mol. The molecule has 1 rings (SSSR count). The molecule has 0 bridgehead atoms. The van der Waals surface area contributed by atoms with Crippen LogP contribution in [-0.4, -0.2) is 30.4 Å². The number of halogens is 1. The molecule has 4 heteroatoms. The van der Waals surface area contributed by atoms with E-state index in [2.05, 4.69) is 32.6 Å². The smallest absolute Gasteiger partial charge is 0.230 e. The molecular weight excluding hydrogens is 272 g/mol. The van der Waals surface area contributed by atoms with Crippen LogP contribution in [0.15, 0.2) is 0 Å². The first-order valence-electron chi connectivity index (χ1n) is 7.96. The Bertz CT molecular complexity index is 293. The number of carbonyl (C=O) groups excluding carboxylic acids is 1. The van der Waals surface area contributed by atoms with Gasteiger partial charge < -0.3 is 10.6 Å². The van der Waals surface area contributed by atoms with Gasteiger partial charge in [0, 0.05) is 19.6 Å². The highest BCUT2D eigenvalue weighted by atomic mass is 35.5. The van der Waals surface area contributed by atoms with E-state index in [9.17, 15) is 4.79 Å². The molecule has 120 valence electrons. The van der Waals surface area contributed by atoms with Crippen molar-refractivity contribution in [2.75, 3.05) is 19.6 Å². The van der Waals surface area contributed by atoms with Crippen LogP contribution in [0, 0.1) is 10.8 Å². The van der Waals surface area contributed by atoms with Gasteiger partial charge in [0.2, 0.25) is 5.91 Å². The van der Waals surface area contributed by atoms with Crippen LogP contribution in [0.5, 0.6) is 0 Å². The lowest BCUT2D eigenvalue weighted by Crippen LogP contribution is -2.52. The Kier molecular flexibility index (Phi) is 8.12. The van der Waals surface area contributed by atoms with Gasteiger partial charge in [-0.1, -0.05) is 34.1 Å². The van der Waals surface area contributed by atoms with Crippen molar-refractivity contribution < 1.29 is 4.79 Å². The van der Waals surface area contributed by atoms with Crippen LogP contribution >= 0.6 is 12.4 Å². The molecule has 1 aliphatic rings. The van der Waals surface area contributed by atoms with Crippen LogP contribution in [0.1, 0.15) is 66.2 Å². The van der Waals surface area contributed by atoms with Crippen LogP contribution in [-0.2, 0) is 4.79 Å². The Morgan fingerprint density at radius 3 is 2.35 bits per heavy atom. The molecule has 2 N–H and O–H groups in total. The van der Waals surface area contributed by atoms with Crippen molar-refractivity contribution in [3.63, 3.8) is 0 Å². The second kappa shape index (κ2) is 8.23. The molecule has 0 aromatic rings. The van der Waals surface area contributed by atoms with Crippen molar-refractivity contribution >= 4 is 18.3 Å². The molecule has 1 fully saturated rings. The molecule has 20 heavy (non-hydrogen) atoms. The number of rotatable bonds is 6. The zero-order valence-corrected chi connectivity index (χ0v) is 14.5. The van der Waals surface area contributed by atoms with Crippen LogP contribution in [0.4, 0.5) is 0 Å². The number of piperidine rings is 1. The molecule has 0 saturated carbocycles. The Morgan fingerprint density at radius 2 is 1.90 bits per heavy atom. The van der Waals surface area contributed by atoms with Gasteiger partial charge in [-0.3, -0.25) is 4.79 Å². The van der Waals surface area contributed by atoms with E-state index in [-0.39, 0.29) is 17.8 Å². The number of carbonyl (C=O) groups is 1. The van der Waals surface area contributed by atoms with E-state index in [1.807, 2.05) is 0 Å². The van der Waals surface area contributed by atoms with Crippen LogP contribution in [0.3, 0.4) is 0 Å². The predicted molar refractivity (Wildman–Crippen MR) is 88.1 cm³/mol. The minimum atomic E-state index is -0.329. The number of nitrogens with zero attached hydrogens (tertiary/aromatic N) is 1. The first-order valence-corrected chi connectivity index (χ1v) is 7.96. The summed E-state index contributed by atoms with van der Waals surface area (Å²) in [7, 11) is 0. The maximum Gasteiger partial charge on any atom is 0.230 e. The summed E-state index contributed by atoms with van der Waals surface area (Å²) in [6.45, 7) is 11.0. The minimum absolute atomic E-state index is 0. The summed E-state index contributed by atoms with van der Waals surface area (Å²) in [4.78, 5) is 14.9. The second-order valence-corrected chi connectivity index (χ2v) is 6.58. The number of hydrogen-bond acceptors (Lipinski definition) is 2. The lowest BCUT2D eigenvalue weighted by atomic mass is 9.76. The van der Waals surface area contributed by atoms with Gasteiger partial charge in [0.15, 0.2) is 0 Å².